The SMILES string of the molecule is COc1ccc(-c2ccnc(C(C)=O)n2)c(Cl)c1. The number of hydrogen-bond acceptors (Lipinski definition) is 4. The minimum Gasteiger partial charge on any atom is -0.497 e. The maximum atomic E-state index is 11.2. The average molecular weight is 263 g/mol. The van der Waals surface area contributed by atoms with Gasteiger partial charge in [-0.05, 0) is 24.3 Å². The molecule has 1 heterocycles. The molecule has 0 amide bonds. The van der Waals surface area contributed by atoms with Crippen molar-refractivity contribution < 1.29 is 9.53 Å². The van der Waals surface area contributed by atoms with Crippen LogP contribution in [0.5, 0.6) is 5.75 Å². The molecule has 5 heteroatoms. The van der Waals surface area contributed by atoms with Gasteiger partial charge in [-0.3, -0.25) is 4.79 Å². The summed E-state index contributed by atoms with van der Waals surface area (Å²) in [6, 6.07) is 7.00. The quantitative estimate of drug-likeness (QED) is 0.798. The lowest BCUT2D eigenvalue weighted by Crippen LogP contribution is -2.01. The van der Waals surface area contributed by atoms with Gasteiger partial charge in [0.05, 0.1) is 17.8 Å². The largest absolute Gasteiger partial charge is 0.497 e. The van der Waals surface area contributed by atoms with Gasteiger partial charge in [0, 0.05) is 18.7 Å². The lowest BCUT2D eigenvalue weighted by atomic mass is 10.1. The molecule has 0 N–H and O–H groups in total. The number of carbonyl (C=O) groups is 1. The third kappa shape index (κ3) is 2.49. The van der Waals surface area contributed by atoms with Crippen LogP contribution < -0.4 is 4.74 Å². The number of benzene rings is 1. The van der Waals surface area contributed by atoms with Gasteiger partial charge in [0.2, 0.25) is 0 Å². The van der Waals surface area contributed by atoms with Crippen molar-refractivity contribution in [2.24, 2.45) is 0 Å². The van der Waals surface area contributed by atoms with Gasteiger partial charge >= 0.3 is 0 Å². The second-order valence-electron chi connectivity index (χ2n) is 3.67. The van der Waals surface area contributed by atoms with E-state index in [1.807, 2.05) is 0 Å². The Balaban J connectivity index is 2.48. The lowest BCUT2D eigenvalue weighted by molar-refractivity contribution is 0.100. The Morgan fingerprint density at radius 2 is 2.11 bits per heavy atom. The molecule has 0 saturated carbocycles. The highest BCUT2D eigenvalue weighted by molar-refractivity contribution is 6.33. The predicted molar refractivity (Wildman–Crippen MR) is 69.0 cm³/mol. The highest BCUT2D eigenvalue weighted by Crippen LogP contribution is 2.29. The van der Waals surface area contributed by atoms with E-state index < -0.39 is 0 Å². The molecule has 0 unspecified atom stereocenters. The fourth-order valence-electron chi connectivity index (χ4n) is 1.51. The summed E-state index contributed by atoms with van der Waals surface area (Å²) < 4.78 is 5.08. The second kappa shape index (κ2) is 5.14. The third-order valence-electron chi connectivity index (χ3n) is 2.42. The molecule has 0 spiro atoms. The van der Waals surface area contributed by atoms with Gasteiger partial charge in [0.1, 0.15) is 5.75 Å². The van der Waals surface area contributed by atoms with Crippen molar-refractivity contribution in [3.05, 3.63) is 41.3 Å². The molecule has 1 aromatic heterocycles. The van der Waals surface area contributed by atoms with Gasteiger partial charge in [-0.25, -0.2) is 9.97 Å². The molecule has 0 aliphatic heterocycles. The first-order valence-corrected chi connectivity index (χ1v) is 5.67. The summed E-state index contributed by atoms with van der Waals surface area (Å²) >= 11 is 6.15. The van der Waals surface area contributed by atoms with Crippen molar-refractivity contribution in [2.45, 2.75) is 6.92 Å². The van der Waals surface area contributed by atoms with Crippen LogP contribution >= 0.6 is 11.6 Å². The molecule has 0 atom stereocenters. The number of Topliss-reactive ketones (excluding diaryl/α,β-unsaturated/α-hetero) is 1. The van der Waals surface area contributed by atoms with Crippen LogP contribution in [0.4, 0.5) is 0 Å². The van der Waals surface area contributed by atoms with Gasteiger partial charge in [-0.1, -0.05) is 11.6 Å². The molecule has 92 valence electrons. The number of ether oxygens (including phenoxy) is 1. The molecule has 1 aromatic carbocycles. The molecular formula is C13H11ClN2O2. The first kappa shape index (κ1) is 12.5. The Morgan fingerprint density at radius 3 is 2.72 bits per heavy atom. The average Bonchev–Trinajstić information content (AvgIpc) is 2.38. The number of aromatic nitrogens is 2. The smallest absolute Gasteiger partial charge is 0.196 e. The second-order valence-corrected chi connectivity index (χ2v) is 4.07. The highest BCUT2D eigenvalue weighted by atomic mass is 35.5. The molecule has 0 radical (unpaired) electrons. The van der Waals surface area contributed by atoms with E-state index in [1.165, 1.54) is 6.92 Å². The maximum absolute atomic E-state index is 11.2. The van der Waals surface area contributed by atoms with Crippen molar-refractivity contribution in [3.63, 3.8) is 0 Å². The van der Waals surface area contributed by atoms with E-state index in [9.17, 15) is 4.79 Å². The number of rotatable bonds is 3. The molecule has 2 rings (SSSR count). The van der Waals surface area contributed by atoms with Gasteiger partial charge in [0.25, 0.3) is 0 Å². The highest BCUT2D eigenvalue weighted by Gasteiger charge is 2.09. The summed E-state index contributed by atoms with van der Waals surface area (Å²) in [4.78, 5) is 19.3. The van der Waals surface area contributed by atoms with Crippen LogP contribution in [-0.4, -0.2) is 22.9 Å². The Hall–Kier alpha value is -1.94. The lowest BCUT2D eigenvalue weighted by Gasteiger charge is -2.06. The number of methoxy groups -OCH3 is 1. The summed E-state index contributed by atoms with van der Waals surface area (Å²) in [6.07, 6.45) is 1.54. The van der Waals surface area contributed by atoms with Crippen LogP contribution in [0.1, 0.15) is 17.5 Å². The van der Waals surface area contributed by atoms with Crippen molar-refractivity contribution in [1.29, 1.82) is 0 Å². The van der Waals surface area contributed by atoms with Crippen LogP contribution in [0.2, 0.25) is 5.02 Å². The number of ketones is 1. The summed E-state index contributed by atoms with van der Waals surface area (Å²) in [5.41, 5.74) is 1.35. The Labute approximate surface area is 110 Å². The normalized spacial score (nSPS) is 10.2. The summed E-state index contributed by atoms with van der Waals surface area (Å²) in [6.45, 7) is 1.43. The van der Waals surface area contributed by atoms with Crippen molar-refractivity contribution >= 4 is 17.4 Å². The van der Waals surface area contributed by atoms with E-state index in [0.717, 1.165) is 5.56 Å². The zero-order valence-corrected chi connectivity index (χ0v) is 10.7. The van der Waals surface area contributed by atoms with Gasteiger partial charge in [0.15, 0.2) is 11.6 Å². The van der Waals surface area contributed by atoms with Crippen molar-refractivity contribution in [2.75, 3.05) is 7.11 Å². The summed E-state index contributed by atoms with van der Waals surface area (Å²) in [5.74, 6) is 0.672. The zero-order valence-electron chi connectivity index (χ0n) is 9.98. The minimum absolute atomic E-state index is 0.179. The standard InChI is InChI=1S/C13H11ClN2O2/c1-8(17)13-15-6-5-12(16-13)10-4-3-9(18-2)7-11(10)14/h3-7H,1-2H3. The van der Waals surface area contributed by atoms with E-state index >= 15 is 0 Å². The first-order valence-electron chi connectivity index (χ1n) is 5.29. The van der Waals surface area contributed by atoms with E-state index in [-0.39, 0.29) is 11.6 Å². The van der Waals surface area contributed by atoms with E-state index in [2.05, 4.69) is 9.97 Å². The predicted octanol–water partition coefficient (Wildman–Crippen LogP) is 3.01. The van der Waals surface area contributed by atoms with Crippen molar-refractivity contribution in [1.82, 2.24) is 9.97 Å². The molecule has 0 saturated heterocycles. The molecule has 4 nitrogen and oxygen atoms in total. The Bertz CT molecular complexity index is 599. The molecule has 2 aromatic rings. The van der Waals surface area contributed by atoms with Crippen LogP contribution in [-0.2, 0) is 0 Å². The topological polar surface area (TPSA) is 52.1 Å². The van der Waals surface area contributed by atoms with Crippen LogP contribution in [0.15, 0.2) is 30.5 Å². The number of nitrogens with zero attached hydrogens (tertiary/aromatic N) is 2. The molecule has 18 heavy (non-hydrogen) atoms. The Morgan fingerprint density at radius 1 is 1.33 bits per heavy atom. The molecule has 0 fully saturated rings. The molecular weight excluding hydrogens is 252 g/mol. The van der Waals surface area contributed by atoms with Crippen molar-refractivity contribution in [3.8, 4) is 17.0 Å². The Kier molecular flexibility index (Phi) is 3.58. The van der Waals surface area contributed by atoms with Gasteiger partial charge in [-0.2, -0.15) is 0 Å². The maximum Gasteiger partial charge on any atom is 0.196 e. The zero-order chi connectivity index (χ0) is 13.1. The minimum atomic E-state index is -0.179. The summed E-state index contributed by atoms with van der Waals surface area (Å²) in [7, 11) is 1.57. The number of hydrogen-bond donors (Lipinski definition) is 0. The molecule has 0 bridgehead atoms. The van der Waals surface area contributed by atoms with E-state index in [0.29, 0.717) is 16.5 Å². The van der Waals surface area contributed by atoms with E-state index in [4.69, 9.17) is 16.3 Å². The van der Waals surface area contributed by atoms with Crippen LogP contribution in [0.25, 0.3) is 11.3 Å². The van der Waals surface area contributed by atoms with Crippen LogP contribution in [0.3, 0.4) is 0 Å². The first-order chi connectivity index (χ1) is 8.61. The fourth-order valence-corrected chi connectivity index (χ4v) is 1.78. The monoisotopic (exact) mass is 262 g/mol. The molecule has 0 aliphatic rings. The number of halogens is 1. The van der Waals surface area contributed by atoms with Gasteiger partial charge < -0.3 is 4.74 Å². The van der Waals surface area contributed by atoms with Gasteiger partial charge in [-0.15, -0.1) is 0 Å². The summed E-state index contributed by atoms with van der Waals surface area (Å²) in [5, 5.41) is 0.516. The van der Waals surface area contributed by atoms with E-state index in [1.54, 1.807) is 37.6 Å². The molecule has 0 aliphatic carbocycles. The van der Waals surface area contributed by atoms with Crippen LogP contribution in [0, 0.1) is 0 Å². The third-order valence-corrected chi connectivity index (χ3v) is 2.74. The number of carbonyl (C=O) groups excluding carboxylic acids is 1. The fraction of sp³-hybridized carbons (Fsp3) is 0.154.